The molecule has 2 heterocycles. The Bertz CT molecular complexity index is 433. The van der Waals surface area contributed by atoms with Crippen molar-refractivity contribution in [2.24, 2.45) is 0 Å². The summed E-state index contributed by atoms with van der Waals surface area (Å²) in [5.41, 5.74) is 1.67. The molecular formula is C9H7NOS. The second kappa shape index (κ2) is 2.68. The van der Waals surface area contributed by atoms with Gasteiger partial charge in [-0.15, -0.1) is 11.3 Å². The summed E-state index contributed by atoms with van der Waals surface area (Å²) in [6.45, 7) is 2.00. The number of hydrogen-bond acceptors (Lipinski definition) is 3. The van der Waals surface area contributed by atoms with Gasteiger partial charge in [0.05, 0.1) is 4.70 Å². The maximum Gasteiger partial charge on any atom is 0.169 e. The predicted octanol–water partition coefficient (Wildman–Crippen LogP) is 2.42. The van der Waals surface area contributed by atoms with E-state index in [0.717, 1.165) is 21.9 Å². The largest absolute Gasteiger partial charge is 0.296 e. The smallest absolute Gasteiger partial charge is 0.169 e. The molecule has 2 aromatic rings. The Hall–Kier alpha value is -1.22. The van der Waals surface area contributed by atoms with E-state index < -0.39 is 0 Å². The van der Waals surface area contributed by atoms with Crippen molar-refractivity contribution >= 4 is 27.7 Å². The standard InChI is InChI=1S/C9H7NOS/c1-6-4-10-8(5-11)9-7(6)2-3-12-9/h2-5H,1H3. The Morgan fingerprint density at radius 3 is 3.17 bits per heavy atom. The van der Waals surface area contributed by atoms with Gasteiger partial charge in [-0.1, -0.05) is 0 Å². The second-order valence-corrected chi connectivity index (χ2v) is 3.52. The third-order valence-corrected chi connectivity index (χ3v) is 2.77. The summed E-state index contributed by atoms with van der Waals surface area (Å²) in [7, 11) is 0. The van der Waals surface area contributed by atoms with Crippen molar-refractivity contribution in [2.45, 2.75) is 6.92 Å². The number of hydrogen-bond donors (Lipinski definition) is 0. The number of carbonyl (C=O) groups excluding carboxylic acids is 1. The fraction of sp³-hybridized carbons (Fsp3) is 0.111. The zero-order valence-electron chi connectivity index (χ0n) is 6.57. The highest BCUT2D eigenvalue weighted by atomic mass is 32.1. The van der Waals surface area contributed by atoms with Gasteiger partial charge in [0, 0.05) is 6.20 Å². The molecule has 0 aliphatic carbocycles. The first kappa shape index (κ1) is 7.43. The molecule has 0 atom stereocenters. The van der Waals surface area contributed by atoms with Crippen LogP contribution in [0.2, 0.25) is 0 Å². The zero-order chi connectivity index (χ0) is 8.55. The predicted molar refractivity (Wildman–Crippen MR) is 49.7 cm³/mol. The number of nitrogens with zero attached hydrogens (tertiary/aromatic N) is 1. The average molecular weight is 177 g/mol. The highest BCUT2D eigenvalue weighted by Gasteiger charge is 2.04. The molecule has 0 fully saturated rings. The number of fused-ring (bicyclic) bond motifs is 1. The van der Waals surface area contributed by atoms with Crippen LogP contribution in [-0.2, 0) is 0 Å². The molecule has 0 radical (unpaired) electrons. The quantitative estimate of drug-likeness (QED) is 0.626. The maximum absolute atomic E-state index is 10.6. The highest BCUT2D eigenvalue weighted by Crippen LogP contribution is 2.24. The number of aryl methyl sites for hydroxylation is 1. The van der Waals surface area contributed by atoms with Gasteiger partial charge in [-0.05, 0) is 29.3 Å². The van der Waals surface area contributed by atoms with Crippen molar-refractivity contribution in [1.82, 2.24) is 4.98 Å². The molecule has 2 nitrogen and oxygen atoms in total. The van der Waals surface area contributed by atoms with Crippen molar-refractivity contribution < 1.29 is 4.79 Å². The second-order valence-electron chi connectivity index (χ2n) is 2.61. The van der Waals surface area contributed by atoms with E-state index in [1.165, 1.54) is 0 Å². The molecule has 0 aliphatic rings. The van der Waals surface area contributed by atoms with Gasteiger partial charge in [0.15, 0.2) is 6.29 Å². The first-order valence-corrected chi connectivity index (χ1v) is 4.49. The minimum Gasteiger partial charge on any atom is -0.296 e. The summed E-state index contributed by atoms with van der Waals surface area (Å²) in [6, 6.07) is 2.02. The third kappa shape index (κ3) is 0.940. The van der Waals surface area contributed by atoms with E-state index in [-0.39, 0.29) is 0 Å². The van der Waals surface area contributed by atoms with Crippen molar-refractivity contribution in [3.63, 3.8) is 0 Å². The molecule has 0 bridgehead atoms. The number of pyridine rings is 1. The monoisotopic (exact) mass is 177 g/mol. The molecule has 12 heavy (non-hydrogen) atoms. The van der Waals surface area contributed by atoms with Gasteiger partial charge < -0.3 is 0 Å². The van der Waals surface area contributed by atoms with Crippen LogP contribution in [0.5, 0.6) is 0 Å². The van der Waals surface area contributed by atoms with Crippen molar-refractivity contribution in [3.8, 4) is 0 Å². The molecule has 60 valence electrons. The van der Waals surface area contributed by atoms with Crippen LogP contribution in [0.15, 0.2) is 17.6 Å². The zero-order valence-corrected chi connectivity index (χ0v) is 7.39. The van der Waals surface area contributed by atoms with Crippen LogP contribution in [0.4, 0.5) is 0 Å². The molecule has 2 rings (SSSR count). The van der Waals surface area contributed by atoms with E-state index >= 15 is 0 Å². The Labute approximate surface area is 73.9 Å². The van der Waals surface area contributed by atoms with Gasteiger partial charge in [-0.2, -0.15) is 0 Å². The molecule has 0 spiro atoms. The van der Waals surface area contributed by atoms with E-state index in [1.54, 1.807) is 17.5 Å². The van der Waals surface area contributed by atoms with Crippen LogP contribution in [0.25, 0.3) is 10.1 Å². The fourth-order valence-electron chi connectivity index (χ4n) is 1.20. The molecular weight excluding hydrogens is 170 g/mol. The fourth-order valence-corrected chi connectivity index (χ4v) is 2.11. The third-order valence-electron chi connectivity index (χ3n) is 1.83. The van der Waals surface area contributed by atoms with Crippen LogP contribution >= 0.6 is 11.3 Å². The van der Waals surface area contributed by atoms with E-state index in [9.17, 15) is 4.79 Å². The Morgan fingerprint density at radius 1 is 1.58 bits per heavy atom. The van der Waals surface area contributed by atoms with E-state index in [1.807, 2.05) is 18.4 Å². The van der Waals surface area contributed by atoms with Crippen molar-refractivity contribution in [3.05, 3.63) is 28.9 Å². The molecule has 0 saturated carbocycles. The van der Waals surface area contributed by atoms with E-state index in [0.29, 0.717) is 5.69 Å². The molecule has 0 amide bonds. The lowest BCUT2D eigenvalue weighted by atomic mass is 10.2. The number of thiophene rings is 1. The average Bonchev–Trinajstić information content (AvgIpc) is 2.54. The van der Waals surface area contributed by atoms with Crippen LogP contribution in [-0.4, -0.2) is 11.3 Å². The van der Waals surface area contributed by atoms with Gasteiger partial charge in [0.2, 0.25) is 0 Å². The summed E-state index contributed by atoms with van der Waals surface area (Å²) in [6.07, 6.45) is 2.54. The van der Waals surface area contributed by atoms with Gasteiger partial charge in [-0.3, -0.25) is 9.78 Å². The van der Waals surface area contributed by atoms with E-state index in [2.05, 4.69) is 4.98 Å². The van der Waals surface area contributed by atoms with Gasteiger partial charge in [-0.25, -0.2) is 0 Å². The number of carbonyl (C=O) groups is 1. The maximum atomic E-state index is 10.6. The topological polar surface area (TPSA) is 30.0 Å². The van der Waals surface area contributed by atoms with Crippen LogP contribution in [0.1, 0.15) is 16.1 Å². The summed E-state index contributed by atoms with van der Waals surface area (Å²) in [5.74, 6) is 0. The summed E-state index contributed by atoms with van der Waals surface area (Å²) >= 11 is 1.56. The molecule has 0 aromatic carbocycles. The Kier molecular flexibility index (Phi) is 1.66. The SMILES string of the molecule is Cc1cnc(C=O)c2sccc12. The van der Waals surface area contributed by atoms with Crippen LogP contribution in [0.3, 0.4) is 0 Å². The molecule has 0 saturated heterocycles. The van der Waals surface area contributed by atoms with E-state index in [4.69, 9.17) is 0 Å². The van der Waals surface area contributed by atoms with Crippen LogP contribution < -0.4 is 0 Å². The molecule has 0 unspecified atom stereocenters. The molecule has 0 aliphatic heterocycles. The number of aldehydes is 1. The lowest BCUT2D eigenvalue weighted by molar-refractivity contribution is 0.112. The number of aromatic nitrogens is 1. The minimum absolute atomic E-state index is 0.547. The first-order chi connectivity index (χ1) is 5.83. The summed E-state index contributed by atoms with van der Waals surface area (Å²) < 4.78 is 0.991. The normalized spacial score (nSPS) is 10.4. The summed E-state index contributed by atoms with van der Waals surface area (Å²) in [4.78, 5) is 14.6. The van der Waals surface area contributed by atoms with Crippen LogP contribution in [0, 0.1) is 6.92 Å². The minimum atomic E-state index is 0.547. The number of rotatable bonds is 1. The Balaban J connectivity index is 2.91. The van der Waals surface area contributed by atoms with Crippen molar-refractivity contribution in [2.75, 3.05) is 0 Å². The Morgan fingerprint density at radius 2 is 2.42 bits per heavy atom. The molecule has 0 N–H and O–H groups in total. The lowest BCUT2D eigenvalue weighted by Crippen LogP contribution is -1.87. The molecule has 3 heteroatoms. The first-order valence-electron chi connectivity index (χ1n) is 3.61. The van der Waals surface area contributed by atoms with Gasteiger partial charge in [0.1, 0.15) is 5.69 Å². The summed E-state index contributed by atoms with van der Waals surface area (Å²) in [5, 5.41) is 3.11. The van der Waals surface area contributed by atoms with Crippen molar-refractivity contribution in [1.29, 1.82) is 0 Å². The lowest BCUT2D eigenvalue weighted by Gasteiger charge is -1.96. The molecule has 2 aromatic heterocycles. The van der Waals surface area contributed by atoms with Gasteiger partial charge in [0.25, 0.3) is 0 Å². The van der Waals surface area contributed by atoms with Gasteiger partial charge >= 0.3 is 0 Å². The highest BCUT2D eigenvalue weighted by molar-refractivity contribution is 7.17.